The molecular formula is C85H93F3N8O12. The number of benzene rings is 6. The highest BCUT2D eigenvalue weighted by Gasteiger charge is 2.37. The number of aryl methyl sites for hydroxylation is 2. The molecule has 6 N–H and O–H groups in total. The Morgan fingerprint density at radius 3 is 1.63 bits per heavy atom. The van der Waals surface area contributed by atoms with Crippen LogP contribution < -0.4 is 32.6 Å². The van der Waals surface area contributed by atoms with Gasteiger partial charge in [-0.15, -0.1) is 0 Å². The lowest BCUT2D eigenvalue weighted by atomic mass is 9.87. The zero-order valence-electron chi connectivity index (χ0n) is 61.8. The summed E-state index contributed by atoms with van der Waals surface area (Å²) < 4.78 is 47.7. The van der Waals surface area contributed by atoms with Crippen LogP contribution in [0.2, 0.25) is 0 Å². The predicted molar refractivity (Wildman–Crippen MR) is 408 cm³/mol. The maximum absolute atomic E-state index is 15.1. The predicted octanol–water partition coefficient (Wildman–Crippen LogP) is 13.9. The van der Waals surface area contributed by atoms with Crippen molar-refractivity contribution in [3.63, 3.8) is 0 Å². The Balaban J connectivity index is 0.951. The minimum Gasteiger partial charge on any atom is -0.481 e. The number of aromatic nitrogens is 4. The van der Waals surface area contributed by atoms with E-state index in [0.29, 0.717) is 54.0 Å². The minimum absolute atomic E-state index is 0.00507. The molecule has 0 aliphatic heterocycles. The van der Waals surface area contributed by atoms with Gasteiger partial charge in [0.25, 0.3) is 16.7 Å². The molecule has 0 aliphatic carbocycles. The van der Waals surface area contributed by atoms with Crippen LogP contribution in [-0.2, 0) is 54.2 Å². The quantitative estimate of drug-likeness (QED) is 0.0215. The fraction of sp³-hybridized carbons (Fsp3) is 0.341. The molecule has 0 saturated carbocycles. The second-order valence-electron chi connectivity index (χ2n) is 28.8. The molecule has 0 fully saturated rings. The molecule has 566 valence electrons. The number of nitrogens with one attached hydrogen (secondary N) is 3. The molecule has 108 heavy (non-hydrogen) atoms. The number of alkyl halides is 3. The van der Waals surface area contributed by atoms with E-state index in [9.17, 15) is 66.8 Å². The molecule has 0 bridgehead atoms. The first-order chi connectivity index (χ1) is 51.4. The van der Waals surface area contributed by atoms with Gasteiger partial charge in [0.1, 0.15) is 18.1 Å². The number of carbonyl (C=O) groups excluding carboxylic acids is 3. The Hall–Kier alpha value is -11.3. The number of likely N-dealkylation sites (N-methyl/N-ethyl adjacent to an activating group) is 1. The Morgan fingerprint density at radius 1 is 0.491 bits per heavy atom. The van der Waals surface area contributed by atoms with Crippen LogP contribution in [0.25, 0.3) is 33.4 Å². The van der Waals surface area contributed by atoms with Crippen LogP contribution in [0.3, 0.4) is 0 Å². The summed E-state index contributed by atoms with van der Waals surface area (Å²) in [5.74, 6) is -6.13. The molecule has 3 aromatic heterocycles. The molecule has 6 aromatic carbocycles. The molecule has 3 amide bonds. The van der Waals surface area contributed by atoms with Gasteiger partial charge in [-0.05, 0) is 187 Å². The van der Waals surface area contributed by atoms with Gasteiger partial charge in [-0.3, -0.25) is 48.1 Å². The van der Waals surface area contributed by atoms with E-state index in [1.807, 2.05) is 139 Å². The smallest absolute Gasteiger partial charge is 0.416 e. The normalized spacial score (nSPS) is 13.9. The summed E-state index contributed by atoms with van der Waals surface area (Å²) >= 11 is 0. The van der Waals surface area contributed by atoms with Crippen molar-refractivity contribution >= 4 is 35.6 Å². The maximum atomic E-state index is 15.1. The Bertz CT molecular complexity index is 4860. The summed E-state index contributed by atoms with van der Waals surface area (Å²) in [6.45, 7) is 11.7. The summed E-state index contributed by atoms with van der Waals surface area (Å²) in [5.41, 5.74) is 6.39. The molecule has 8 atom stereocenters. The number of pyridine rings is 2. The van der Waals surface area contributed by atoms with Crippen LogP contribution in [0.5, 0.6) is 0 Å². The summed E-state index contributed by atoms with van der Waals surface area (Å²) in [4.78, 5) is 128. The largest absolute Gasteiger partial charge is 0.481 e. The van der Waals surface area contributed by atoms with E-state index < -0.39 is 125 Å². The fourth-order valence-corrected chi connectivity index (χ4v) is 14.1. The monoisotopic (exact) mass is 1470 g/mol. The van der Waals surface area contributed by atoms with E-state index in [4.69, 9.17) is 0 Å². The number of amides is 3. The molecule has 0 spiro atoms. The number of nitrogens with zero attached hydrogens (tertiary/aromatic N) is 5. The van der Waals surface area contributed by atoms with Crippen molar-refractivity contribution in [3.05, 3.63) is 276 Å². The van der Waals surface area contributed by atoms with E-state index in [-0.39, 0.29) is 43.2 Å². The Morgan fingerprint density at radius 2 is 1.02 bits per heavy atom. The number of carbonyl (C=O) groups is 6. The first-order valence-corrected chi connectivity index (χ1v) is 36.2. The molecule has 9 rings (SSSR count). The summed E-state index contributed by atoms with van der Waals surface area (Å²) in [6.07, 6.45) is 1.67. The highest BCUT2D eigenvalue weighted by molar-refractivity contribution is 5.84. The van der Waals surface area contributed by atoms with Crippen LogP contribution in [-0.4, -0.2) is 95.2 Å². The lowest BCUT2D eigenvalue weighted by Crippen LogP contribution is -2.40. The van der Waals surface area contributed by atoms with Crippen molar-refractivity contribution in [2.24, 2.45) is 17.8 Å². The Kier molecular flexibility index (Phi) is 27.5. The lowest BCUT2D eigenvalue weighted by Gasteiger charge is -2.27. The average molecular weight is 1480 g/mol. The van der Waals surface area contributed by atoms with E-state index in [2.05, 4.69) is 20.9 Å². The van der Waals surface area contributed by atoms with E-state index >= 15 is 4.79 Å². The molecule has 23 heteroatoms. The van der Waals surface area contributed by atoms with Gasteiger partial charge in [-0.2, -0.15) is 13.2 Å². The topological polar surface area (TPSA) is 281 Å². The van der Waals surface area contributed by atoms with Gasteiger partial charge in [0.05, 0.1) is 49.1 Å². The number of halogens is 3. The van der Waals surface area contributed by atoms with Gasteiger partial charge in [-0.1, -0.05) is 161 Å². The van der Waals surface area contributed by atoms with Crippen molar-refractivity contribution in [3.8, 4) is 33.4 Å². The molecule has 9 aromatic rings. The molecule has 0 radical (unpaired) electrons. The molecule has 0 saturated heterocycles. The third-order valence-corrected chi connectivity index (χ3v) is 19.8. The number of hydrogen-bond acceptors (Lipinski definition) is 11. The van der Waals surface area contributed by atoms with E-state index in [1.54, 1.807) is 73.6 Å². The highest BCUT2D eigenvalue weighted by Crippen LogP contribution is 2.37. The van der Waals surface area contributed by atoms with Gasteiger partial charge >= 0.3 is 24.1 Å². The second-order valence-corrected chi connectivity index (χ2v) is 28.8. The molecule has 2 unspecified atom stereocenters. The summed E-state index contributed by atoms with van der Waals surface area (Å²) in [7, 11) is 3.40. The second kappa shape index (κ2) is 36.8. The third kappa shape index (κ3) is 21.5. The first kappa shape index (κ1) is 80.8. The van der Waals surface area contributed by atoms with Crippen LogP contribution in [0, 0.1) is 31.6 Å². The number of aliphatic carboxylic acids is 3. The van der Waals surface area contributed by atoms with Gasteiger partial charge in [0.15, 0.2) is 0 Å². The van der Waals surface area contributed by atoms with E-state index in [0.717, 1.165) is 67.0 Å². The third-order valence-electron chi connectivity index (χ3n) is 19.8. The van der Waals surface area contributed by atoms with Crippen molar-refractivity contribution in [2.75, 3.05) is 20.6 Å². The average Bonchev–Trinajstić information content (AvgIpc) is 0.793. The standard InChI is InChI=1S/C85H93F3N8O12/c1-52(2)40-73(95-39-36-89-50-78(95)99)82(106)91-71(48-80(102)103)63-23-16-22-62(44-63)66-25-17-21-61(56(66)6)41-54(4)43-74(94-37-15-14-26-76(94)97)83(107)92-72(49-81(104)105)64-30-28-55(5)68(45-64)67-24-13-12-20-59(67)29-27-53(3)42-75(96-51-65(35-38-93(7)8)69(46-77(96)98)85(86,87)88)84(108)90-70(47-79(100)101)60-33-31-58(32-34-60)57-18-10-9-11-19-57/h9-26,28,30-34,36-37,39,44-46,50-54,70-75H,27,29,35,38,40-43,47-49H2,1-8H3,(H,90,108)(H,91,106)(H,92,107)(H,100,101)(H,102,103)(H,104,105)/t53?,54?,70-,71-,72-,73-,74-,75-/m0/s1. The van der Waals surface area contributed by atoms with Gasteiger partial charge < -0.3 is 49.9 Å². The van der Waals surface area contributed by atoms with Crippen molar-refractivity contribution in [2.45, 2.75) is 148 Å². The SMILES string of the molecule is Cc1ccc([C@H](CC(=O)O)NC(=O)[C@H](CC(C)Cc2cccc(-c3cccc([C@H](CC(=O)O)NC(=O)[C@H](CC(C)C)n4ccncc4=O)c3)c2C)n2ccccc2=O)cc1-c1ccccc1CCC(C)C[C@@H](C(=O)N[C@@H](CC(=O)O)c1ccc(-c2ccccc2)cc1)n1cc(CCN(C)C)c(C(F)(F)F)cc1=O. The molecular weight excluding hydrogens is 1380 g/mol. The molecule has 0 aliphatic rings. The maximum Gasteiger partial charge on any atom is 0.416 e. The summed E-state index contributed by atoms with van der Waals surface area (Å²) in [6, 6.07) is 40.9. The zero-order chi connectivity index (χ0) is 78.1. The van der Waals surface area contributed by atoms with Gasteiger partial charge in [-0.25, -0.2) is 0 Å². The van der Waals surface area contributed by atoms with Crippen molar-refractivity contribution in [1.82, 2.24) is 39.5 Å². The van der Waals surface area contributed by atoms with E-state index in [1.165, 1.54) is 33.8 Å². The number of hydrogen-bond donors (Lipinski definition) is 6. The zero-order valence-corrected chi connectivity index (χ0v) is 61.8. The molecule has 3 heterocycles. The number of carboxylic acids is 3. The minimum atomic E-state index is -4.89. The van der Waals surface area contributed by atoms with Crippen LogP contribution in [0.1, 0.15) is 159 Å². The van der Waals surface area contributed by atoms with Crippen LogP contribution in [0.4, 0.5) is 13.2 Å². The Labute approximate surface area is 625 Å². The fourth-order valence-electron chi connectivity index (χ4n) is 14.1. The van der Waals surface area contributed by atoms with Gasteiger partial charge in [0.2, 0.25) is 17.7 Å². The van der Waals surface area contributed by atoms with Crippen LogP contribution >= 0.6 is 0 Å². The number of carboxylic acid groups (broad SMARTS) is 3. The highest BCUT2D eigenvalue weighted by atomic mass is 19.4. The lowest BCUT2D eigenvalue weighted by molar-refractivity contribution is -0.139. The summed E-state index contributed by atoms with van der Waals surface area (Å²) in [5, 5.41) is 39.6. The number of rotatable bonds is 35. The van der Waals surface area contributed by atoms with Crippen molar-refractivity contribution < 1.29 is 57.3 Å². The van der Waals surface area contributed by atoms with Crippen molar-refractivity contribution in [1.29, 1.82) is 0 Å². The molecule has 20 nitrogen and oxygen atoms in total. The van der Waals surface area contributed by atoms with Gasteiger partial charge in [0, 0.05) is 43.5 Å². The van der Waals surface area contributed by atoms with Crippen LogP contribution in [0.15, 0.2) is 209 Å². The first-order valence-electron chi connectivity index (χ1n) is 36.2.